The molecule has 5 rings (SSSR count). The van der Waals surface area contributed by atoms with Crippen LogP contribution in [0.2, 0.25) is 0 Å². The number of fused-ring (bicyclic) bond motifs is 1. The van der Waals surface area contributed by atoms with Gasteiger partial charge in [0.1, 0.15) is 17.3 Å². The van der Waals surface area contributed by atoms with Gasteiger partial charge in [-0.25, -0.2) is 4.52 Å². The number of thioether (sulfide) groups is 1. The molecule has 0 bridgehead atoms. The monoisotopic (exact) mass is 452 g/mol. The molecule has 3 aromatic rings. The first-order valence-corrected chi connectivity index (χ1v) is 12.8. The van der Waals surface area contributed by atoms with Crippen molar-refractivity contribution in [1.82, 2.24) is 14.1 Å². The Hall–Kier alpha value is -2.02. The Labute approximate surface area is 195 Å². The van der Waals surface area contributed by atoms with E-state index < -0.39 is 0 Å². The number of hydrogen-bond acceptors (Lipinski definition) is 4. The number of aryl methyl sites for hydroxylation is 2. The SMILES string of the molecule is COc1cc(C)cc(C)c1-c1cccc2c([N+](C)(CC3CC3)C3CCOC3)c(SC)nn12. The van der Waals surface area contributed by atoms with Crippen LogP contribution in [0.4, 0.5) is 5.69 Å². The predicted octanol–water partition coefficient (Wildman–Crippen LogP) is 5.48. The topological polar surface area (TPSA) is 35.8 Å². The van der Waals surface area contributed by atoms with Crippen molar-refractivity contribution < 1.29 is 9.47 Å². The molecule has 0 spiro atoms. The lowest BCUT2D eigenvalue weighted by Gasteiger charge is -2.39. The molecule has 5 nitrogen and oxygen atoms in total. The highest BCUT2D eigenvalue weighted by molar-refractivity contribution is 7.98. The number of hydrogen-bond donors (Lipinski definition) is 0. The fraction of sp³-hybridized carbons (Fsp3) is 0.500. The van der Waals surface area contributed by atoms with E-state index in [9.17, 15) is 0 Å². The number of likely N-dealkylation sites (N-methyl/N-ethyl adjacent to an activating group) is 1. The summed E-state index contributed by atoms with van der Waals surface area (Å²) >= 11 is 1.76. The van der Waals surface area contributed by atoms with E-state index in [0.29, 0.717) is 6.04 Å². The number of quaternary nitrogens is 1. The van der Waals surface area contributed by atoms with E-state index in [1.165, 1.54) is 41.7 Å². The molecule has 1 aliphatic heterocycles. The summed E-state index contributed by atoms with van der Waals surface area (Å²) in [6, 6.07) is 11.4. The Morgan fingerprint density at radius 1 is 1.22 bits per heavy atom. The molecule has 1 saturated heterocycles. The first-order valence-electron chi connectivity index (χ1n) is 11.6. The molecule has 0 N–H and O–H groups in total. The summed E-state index contributed by atoms with van der Waals surface area (Å²) in [6.45, 7) is 7.13. The van der Waals surface area contributed by atoms with Crippen LogP contribution in [0.1, 0.15) is 30.4 Å². The molecule has 170 valence electrons. The number of aromatic nitrogens is 2. The lowest BCUT2D eigenvalue weighted by atomic mass is 10.0. The zero-order valence-corrected chi connectivity index (χ0v) is 20.7. The number of nitrogens with zero attached hydrogens (tertiary/aromatic N) is 3. The van der Waals surface area contributed by atoms with Gasteiger partial charge in [0.05, 0.1) is 39.6 Å². The second-order valence-electron chi connectivity index (χ2n) is 9.64. The molecule has 0 amide bonds. The van der Waals surface area contributed by atoms with E-state index in [4.69, 9.17) is 14.6 Å². The molecule has 2 aliphatic rings. The van der Waals surface area contributed by atoms with Crippen molar-refractivity contribution in [3.8, 4) is 17.0 Å². The zero-order chi connectivity index (χ0) is 22.5. The van der Waals surface area contributed by atoms with Crippen molar-refractivity contribution in [2.75, 3.05) is 40.2 Å². The van der Waals surface area contributed by atoms with Crippen LogP contribution < -0.4 is 9.22 Å². The molecule has 3 heterocycles. The summed E-state index contributed by atoms with van der Waals surface area (Å²) in [5.41, 5.74) is 7.16. The molecule has 2 aromatic heterocycles. The zero-order valence-electron chi connectivity index (χ0n) is 19.9. The third kappa shape index (κ3) is 3.62. The Morgan fingerprint density at radius 2 is 2.03 bits per heavy atom. The standard InChI is InChI=1S/C26H34N3O2S/c1-17-13-18(2)24(23(14-17)30-4)21-7-6-8-22-25(26(32-5)27-28(21)22)29(3,15-19-9-10-19)20-11-12-31-16-20/h6-8,13-14,19-20H,9-12,15-16H2,1-5H3/q+1. The maximum Gasteiger partial charge on any atom is 0.193 e. The predicted molar refractivity (Wildman–Crippen MR) is 133 cm³/mol. The van der Waals surface area contributed by atoms with Gasteiger partial charge in [0.2, 0.25) is 0 Å². The smallest absolute Gasteiger partial charge is 0.193 e. The van der Waals surface area contributed by atoms with Gasteiger partial charge in [-0.15, -0.1) is 11.8 Å². The number of pyridine rings is 1. The van der Waals surface area contributed by atoms with Crippen LogP contribution in [0.3, 0.4) is 0 Å². The molecule has 2 atom stereocenters. The Morgan fingerprint density at radius 3 is 2.69 bits per heavy atom. The molecule has 0 radical (unpaired) electrons. The van der Waals surface area contributed by atoms with E-state index >= 15 is 0 Å². The second-order valence-corrected chi connectivity index (χ2v) is 10.4. The first-order chi connectivity index (χ1) is 15.5. The van der Waals surface area contributed by atoms with Crippen molar-refractivity contribution in [3.05, 3.63) is 41.5 Å². The van der Waals surface area contributed by atoms with E-state index in [-0.39, 0.29) is 0 Å². The minimum absolute atomic E-state index is 0.480. The van der Waals surface area contributed by atoms with Gasteiger partial charge in [-0.2, -0.15) is 5.10 Å². The van der Waals surface area contributed by atoms with Crippen LogP contribution in [0, 0.1) is 19.8 Å². The van der Waals surface area contributed by atoms with Crippen molar-refractivity contribution in [2.45, 2.75) is 44.2 Å². The van der Waals surface area contributed by atoms with Gasteiger partial charge < -0.3 is 9.47 Å². The van der Waals surface area contributed by atoms with Crippen LogP contribution in [0.15, 0.2) is 35.4 Å². The number of rotatable bonds is 7. The van der Waals surface area contributed by atoms with Crippen LogP contribution in [0.25, 0.3) is 16.8 Å². The van der Waals surface area contributed by atoms with Gasteiger partial charge in [0, 0.05) is 17.9 Å². The van der Waals surface area contributed by atoms with Gasteiger partial charge in [-0.1, -0.05) is 12.1 Å². The number of methoxy groups -OCH3 is 1. The highest BCUT2D eigenvalue weighted by atomic mass is 32.2. The van der Waals surface area contributed by atoms with E-state index in [1.54, 1.807) is 18.9 Å². The maximum absolute atomic E-state index is 5.87. The van der Waals surface area contributed by atoms with E-state index in [0.717, 1.165) is 52.1 Å². The van der Waals surface area contributed by atoms with Crippen molar-refractivity contribution in [3.63, 3.8) is 0 Å². The van der Waals surface area contributed by atoms with Gasteiger partial charge in [-0.05, 0) is 62.3 Å². The molecular weight excluding hydrogens is 418 g/mol. The first kappa shape index (κ1) is 21.8. The Bertz CT molecular complexity index is 1150. The van der Waals surface area contributed by atoms with Gasteiger partial charge in [0.15, 0.2) is 10.7 Å². The minimum atomic E-state index is 0.480. The summed E-state index contributed by atoms with van der Waals surface area (Å²) in [6.07, 6.45) is 5.95. The minimum Gasteiger partial charge on any atom is -0.496 e. The summed E-state index contributed by atoms with van der Waals surface area (Å²) in [4.78, 5) is 0. The highest BCUT2D eigenvalue weighted by Crippen LogP contribution is 2.45. The fourth-order valence-corrected chi connectivity index (χ4v) is 6.16. The maximum atomic E-state index is 5.87. The van der Waals surface area contributed by atoms with Crippen molar-refractivity contribution in [1.29, 1.82) is 0 Å². The molecule has 1 saturated carbocycles. The van der Waals surface area contributed by atoms with E-state index in [2.05, 4.69) is 62.0 Å². The summed E-state index contributed by atoms with van der Waals surface area (Å²) in [5, 5.41) is 6.30. The van der Waals surface area contributed by atoms with Crippen LogP contribution in [-0.2, 0) is 4.74 Å². The van der Waals surface area contributed by atoms with Crippen LogP contribution >= 0.6 is 11.8 Å². The molecular formula is C26H34N3O2S+. The van der Waals surface area contributed by atoms with Gasteiger partial charge >= 0.3 is 0 Å². The summed E-state index contributed by atoms with van der Waals surface area (Å²) in [7, 11) is 4.17. The summed E-state index contributed by atoms with van der Waals surface area (Å²) in [5.74, 6) is 1.71. The Balaban J connectivity index is 1.74. The van der Waals surface area contributed by atoms with Gasteiger partial charge in [0.25, 0.3) is 0 Å². The third-order valence-corrected chi connectivity index (χ3v) is 7.93. The lowest BCUT2D eigenvalue weighted by Crippen LogP contribution is -2.55. The van der Waals surface area contributed by atoms with Crippen molar-refractivity contribution >= 4 is 23.0 Å². The molecule has 6 heteroatoms. The molecule has 2 fully saturated rings. The third-order valence-electron chi connectivity index (χ3n) is 7.27. The molecule has 1 aliphatic carbocycles. The largest absolute Gasteiger partial charge is 0.496 e. The van der Waals surface area contributed by atoms with E-state index in [1.807, 2.05) is 0 Å². The normalized spacial score (nSPS) is 20.6. The summed E-state index contributed by atoms with van der Waals surface area (Å²) < 4.78 is 14.8. The second kappa shape index (κ2) is 8.40. The average molecular weight is 453 g/mol. The van der Waals surface area contributed by atoms with Crippen molar-refractivity contribution in [2.24, 2.45) is 5.92 Å². The van der Waals surface area contributed by atoms with Gasteiger partial charge in [-0.3, -0.25) is 4.48 Å². The molecule has 2 unspecified atom stereocenters. The average Bonchev–Trinajstić information content (AvgIpc) is 3.27. The molecule has 1 aromatic carbocycles. The number of ether oxygens (including phenoxy) is 2. The van der Waals surface area contributed by atoms with Crippen LogP contribution in [0.5, 0.6) is 5.75 Å². The quantitative estimate of drug-likeness (QED) is 0.351. The number of benzene rings is 1. The van der Waals surface area contributed by atoms with Crippen LogP contribution in [-0.4, -0.2) is 55.8 Å². The molecule has 32 heavy (non-hydrogen) atoms. The Kier molecular flexibility index (Phi) is 5.72. The lowest BCUT2D eigenvalue weighted by molar-refractivity contribution is 0.157. The highest BCUT2D eigenvalue weighted by Gasteiger charge is 2.45. The fourth-order valence-electron chi connectivity index (χ4n) is 5.49.